The van der Waals surface area contributed by atoms with E-state index in [1.807, 2.05) is 14.1 Å². The highest BCUT2D eigenvalue weighted by atomic mass is 32.2. The van der Waals surface area contributed by atoms with Crippen molar-refractivity contribution >= 4 is 15.8 Å². The van der Waals surface area contributed by atoms with Crippen molar-refractivity contribution in [1.29, 1.82) is 0 Å². The summed E-state index contributed by atoms with van der Waals surface area (Å²) in [5, 5.41) is 9.01. The molecule has 1 fully saturated rings. The van der Waals surface area contributed by atoms with Crippen molar-refractivity contribution in [3.8, 4) is 5.75 Å². The smallest absolute Gasteiger partial charge is 0.335 e. The van der Waals surface area contributed by atoms with Gasteiger partial charge in [-0.3, -0.25) is 4.90 Å². The van der Waals surface area contributed by atoms with Crippen LogP contribution in [0.4, 0.5) is 0 Å². The number of likely N-dealkylation sites (N-methyl/N-ethyl adjacent to an activating group) is 1. The second-order valence-electron chi connectivity index (χ2n) is 6.93. The molecule has 0 saturated carbocycles. The number of ether oxygens (including phenoxy) is 1. The molecular weight excluding hydrogens is 356 g/mol. The number of aromatic carboxylic acids is 1. The van der Waals surface area contributed by atoms with Gasteiger partial charge in [-0.25, -0.2) is 13.2 Å². The van der Waals surface area contributed by atoms with Crippen molar-refractivity contribution in [3.63, 3.8) is 0 Å². The molecule has 1 aromatic rings. The average molecular weight is 384 g/mol. The fourth-order valence-corrected chi connectivity index (χ4v) is 4.81. The minimum absolute atomic E-state index is 0.0790. The van der Waals surface area contributed by atoms with Gasteiger partial charge in [-0.2, -0.15) is 0 Å². The molecule has 2 rings (SSSR count). The van der Waals surface area contributed by atoms with Crippen LogP contribution in [-0.4, -0.2) is 87.2 Å². The van der Waals surface area contributed by atoms with Crippen LogP contribution >= 0.6 is 0 Å². The zero-order valence-corrected chi connectivity index (χ0v) is 16.2. The fourth-order valence-electron chi connectivity index (χ4n) is 3.05. The second kappa shape index (κ2) is 9.34. The molecule has 0 bridgehead atoms. The van der Waals surface area contributed by atoms with Crippen molar-refractivity contribution in [3.05, 3.63) is 29.8 Å². The number of nitrogens with zero attached hydrogens (tertiary/aromatic N) is 2. The minimum atomic E-state index is -2.91. The standard InChI is InChI=1S/C18H28N2O5S/c1-19(2)9-10-20(16-7-12-26(23,24)14-16)8-4-11-25-17-6-3-5-15(13-17)18(21)22/h3,5-6,13,16H,4,7-12,14H2,1-2H3,(H,21,22). The van der Waals surface area contributed by atoms with E-state index >= 15 is 0 Å². The predicted octanol–water partition coefficient (Wildman–Crippen LogP) is 1.20. The van der Waals surface area contributed by atoms with Crippen LogP contribution in [0.3, 0.4) is 0 Å². The Morgan fingerprint density at radius 3 is 2.65 bits per heavy atom. The Bertz CT molecular complexity index is 705. The summed E-state index contributed by atoms with van der Waals surface area (Å²) in [4.78, 5) is 15.3. The van der Waals surface area contributed by atoms with E-state index in [0.29, 0.717) is 18.8 Å². The summed E-state index contributed by atoms with van der Waals surface area (Å²) < 4.78 is 29.2. The Balaban J connectivity index is 1.84. The van der Waals surface area contributed by atoms with Crippen LogP contribution in [0.25, 0.3) is 0 Å². The lowest BCUT2D eigenvalue weighted by Crippen LogP contribution is -2.41. The molecule has 146 valence electrons. The first kappa shape index (κ1) is 20.7. The van der Waals surface area contributed by atoms with Gasteiger partial charge in [-0.1, -0.05) is 6.07 Å². The highest BCUT2D eigenvalue weighted by molar-refractivity contribution is 7.91. The maximum atomic E-state index is 11.8. The number of carboxylic acids is 1. The SMILES string of the molecule is CN(C)CCN(CCCOc1cccc(C(=O)O)c1)C1CCS(=O)(=O)C1. The minimum Gasteiger partial charge on any atom is -0.494 e. The molecule has 0 amide bonds. The maximum Gasteiger partial charge on any atom is 0.335 e. The van der Waals surface area contributed by atoms with E-state index in [1.54, 1.807) is 12.1 Å². The zero-order chi connectivity index (χ0) is 19.2. The third-order valence-electron chi connectivity index (χ3n) is 4.50. The lowest BCUT2D eigenvalue weighted by atomic mass is 10.2. The molecule has 1 heterocycles. The van der Waals surface area contributed by atoms with Gasteiger partial charge in [0.1, 0.15) is 5.75 Å². The van der Waals surface area contributed by atoms with E-state index in [0.717, 1.165) is 26.1 Å². The lowest BCUT2D eigenvalue weighted by Gasteiger charge is -2.29. The highest BCUT2D eigenvalue weighted by Gasteiger charge is 2.31. The average Bonchev–Trinajstić information content (AvgIpc) is 2.94. The van der Waals surface area contributed by atoms with Gasteiger partial charge >= 0.3 is 5.97 Å². The second-order valence-corrected chi connectivity index (χ2v) is 9.16. The van der Waals surface area contributed by atoms with Crippen LogP contribution in [0.5, 0.6) is 5.75 Å². The Morgan fingerprint density at radius 1 is 1.27 bits per heavy atom. The van der Waals surface area contributed by atoms with Gasteiger partial charge in [-0.05, 0) is 45.1 Å². The monoisotopic (exact) mass is 384 g/mol. The van der Waals surface area contributed by atoms with Crippen LogP contribution in [0.2, 0.25) is 0 Å². The molecule has 1 saturated heterocycles. The number of hydrogen-bond acceptors (Lipinski definition) is 6. The molecule has 8 heteroatoms. The molecule has 1 unspecified atom stereocenters. The highest BCUT2D eigenvalue weighted by Crippen LogP contribution is 2.18. The summed E-state index contributed by atoms with van der Waals surface area (Å²) in [5.74, 6) is 0.0669. The first-order valence-electron chi connectivity index (χ1n) is 8.82. The molecule has 1 atom stereocenters. The number of carboxylic acid groups (broad SMARTS) is 1. The fraction of sp³-hybridized carbons (Fsp3) is 0.611. The molecular formula is C18H28N2O5S. The van der Waals surface area contributed by atoms with E-state index in [-0.39, 0.29) is 23.1 Å². The summed E-state index contributed by atoms with van der Waals surface area (Å²) in [6.07, 6.45) is 1.44. The van der Waals surface area contributed by atoms with Gasteiger partial charge < -0.3 is 14.7 Å². The molecule has 26 heavy (non-hydrogen) atoms. The molecule has 0 radical (unpaired) electrons. The largest absolute Gasteiger partial charge is 0.494 e. The summed E-state index contributed by atoms with van der Waals surface area (Å²) >= 11 is 0. The van der Waals surface area contributed by atoms with Crippen LogP contribution in [0.15, 0.2) is 24.3 Å². The van der Waals surface area contributed by atoms with Crippen LogP contribution in [-0.2, 0) is 9.84 Å². The molecule has 1 N–H and O–H groups in total. The molecule has 0 aliphatic carbocycles. The maximum absolute atomic E-state index is 11.8. The van der Waals surface area contributed by atoms with E-state index in [2.05, 4.69) is 9.80 Å². The normalized spacial score (nSPS) is 19.2. The third kappa shape index (κ3) is 6.59. The Morgan fingerprint density at radius 2 is 2.04 bits per heavy atom. The quantitative estimate of drug-likeness (QED) is 0.607. The van der Waals surface area contributed by atoms with E-state index in [9.17, 15) is 13.2 Å². The Hall–Kier alpha value is -1.64. The summed E-state index contributed by atoms with van der Waals surface area (Å²) in [7, 11) is 1.10. The molecule has 1 aliphatic rings. The molecule has 1 aliphatic heterocycles. The number of hydrogen-bond donors (Lipinski definition) is 1. The summed E-state index contributed by atoms with van der Waals surface area (Å²) in [5.41, 5.74) is 0.200. The van der Waals surface area contributed by atoms with Crippen molar-refractivity contribution in [2.24, 2.45) is 0 Å². The summed E-state index contributed by atoms with van der Waals surface area (Å²) in [6, 6.07) is 6.51. The van der Waals surface area contributed by atoms with Gasteiger partial charge in [0.05, 0.1) is 23.7 Å². The van der Waals surface area contributed by atoms with Gasteiger partial charge in [0, 0.05) is 25.7 Å². The van der Waals surface area contributed by atoms with Crippen LogP contribution < -0.4 is 4.74 Å². The predicted molar refractivity (Wildman–Crippen MR) is 101 cm³/mol. The van der Waals surface area contributed by atoms with E-state index in [4.69, 9.17) is 9.84 Å². The van der Waals surface area contributed by atoms with E-state index in [1.165, 1.54) is 12.1 Å². The topological polar surface area (TPSA) is 87.2 Å². The molecule has 0 spiro atoms. The van der Waals surface area contributed by atoms with Crippen molar-refractivity contribution in [1.82, 2.24) is 9.80 Å². The van der Waals surface area contributed by atoms with Crippen molar-refractivity contribution < 1.29 is 23.1 Å². The van der Waals surface area contributed by atoms with Gasteiger partial charge in [-0.15, -0.1) is 0 Å². The van der Waals surface area contributed by atoms with Crippen LogP contribution in [0.1, 0.15) is 23.2 Å². The van der Waals surface area contributed by atoms with Gasteiger partial charge in [0.25, 0.3) is 0 Å². The molecule has 7 nitrogen and oxygen atoms in total. The van der Waals surface area contributed by atoms with Crippen molar-refractivity contribution in [2.45, 2.75) is 18.9 Å². The Labute approximate surface area is 155 Å². The third-order valence-corrected chi connectivity index (χ3v) is 6.25. The number of benzene rings is 1. The number of rotatable bonds is 10. The molecule has 1 aromatic carbocycles. The summed E-state index contributed by atoms with van der Waals surface area (Å²) in [6.45, 7) is 2.91. The first-order valence-corrected chi connectivity index (χ1v) is 10.6. The van der Waals surface area contributed by atoms with Crippen LogP contribution in [0, 0.1) is 0 Å². The first-order chi connectivity index (χ1) is 12.3. The number of sulfone groups is 1. The molecule has 0 aromatic heterocycles. The zero-order valence-electron chi connectivity index (χ0n) is 15.4. The van der Waals surface area contributed by atoms with Gasteiger partial charge in [0.15, 0.2) is 9.84 Å². The Kier molecular flexibility index (Phi) is 7.43. The van der Waals surface area contributed by atoms with E-state index < -0.39 is 15.8 Å². The van der Waals surface area contributed by atoms with Gasteiger partial charge in [0.2, 0.25) is 0 Å². The lowest BCUT2D eigenvalue weighted by molar-refractivity contribution is 0.0696. The van der Waals surface area contributed by atoms with Crippen molar-refractivity contribution in [2.75, 3.05) is 51.8 Å². The number of carbonyl (C=O) groups is 1.